The van der Waals surface area contributed by atoms with Gasteiger partial charge in [0.05, 0.1) is 46.8 Å². The van der Waals surface area contributed by atoms with Crippen LogP contribution in [-0.4, -0.2) is 28.6 Å². The number of rotatable bonds is 5. The molecule has 32 heavy (non-hydrogen) atoms. The van der Waals surface area contributed by atoms with Gasteiger partial charge in [0.25, 0.3) is 0 Å². The Kier molecular flexibility index (Phi) is 6.22. The van der Waals surface area contributed by atoms with Crippen molar-refractivity contribution >= 4 is 22.9 Å². The van der Waals surface area contributed by atoms with E-state index < -0.39 is 24.0 Å². The molecule has 3 aromatic rings. The summed E-state index contributed by atoms with van der Waals surface area (Å²) in [6.07, 6.45) is -2.61. The van der Waals surface area contributed by atoms with Gasteiger partial charge in [0.2, 0.25) is 0 Å². The van der Waals surface area contributed by atoms with E-state index >= 15 is 0 Å². The lowest BCUT2D eigenvalue weighted by molar-refractivity contribution is -0.140. The largest absolute Gasteiger partial charge is 0.406 e. The van der Waals surface area contributed by atoms with Crippen molar-refractivity contribution < 1.29 is 22.4 Å². The topological polar surface area (TPSA) is 70.7 Å². The van der Waals surface area contributed by atoms with Gasteiger partial charge in [-0.15, -0.1) is 0 Å². The molecule has 0 aliphatic carbocycles. The molecule has 1 N–H and O–H groups in total. The van der Waals surface area contributed by atoms with Crippen molar-refractivity contribution in [2.24, 2.45) is 0 Å². The van der Waals surface area contributed by atoms with Crippen LogP contribution in [0.15, 0.2) is 36.5 Å². The first-order valence-corrected chi connectivity index (χ1v) is 9.50. The van der Waals surface area contributed by atoms with Crippen molar-refractivity contribution in [2.75, 3.05) is 11.9 Å². The minimum Gasteiger partial charge on any atom is -0.373 e. The van der Waals surface area contributed by atoms with Gasteiger partial charge < -0.3 is 9.88 Å². The van der Waals surface area contributed by atoms with Gasteiger partial charge in [0.1, 0.15) is 12.4 Å². The molecule has 5 nitrogen and oxygen atoms in total. The molecular formula is C23H18F4N4O. The molecule has 0 spiro atoms. The number of carbonyl (C=O) groups is 1. The molecular weight excluding hydrogens is 424 g/mol. The van der Waals surface area contributed by atoms with E-state index in [2.05, 4.69) is 28.2 Å². The molecule has 0 aliphatic rings. The summed E-state index contributed by atoms with van der Waals surface area (Å²) in [5.41, 5.74) is 0.179. The van der Waals surface area contributed by atoms with E-state index in [1.165, 1.54) is 18.3 Å². The number of aldehydes is 1. The summed E-state index contributed by atoms with van der Waals surface area (Å²) in [6, 6.07) is 9.03. The summed E-state index contributed by atoms with van der Waals surface area (Å²) in [5.74, 6) is 4.47. The number of hydrogen-bond donors (Lipinski definition) is 1. The van der Waals surface area contributed by atoms with Gasteiger partial charge in [-0.1, -0.05) is 5.92 Å². The SMILES string of the molecule is CC(C)(C#N)c1ccc(NCC#Cc2cc3c(C=O)ccc(F)c3n2CC(F)(F)F)cn1. The van der Waals surface area contributed by atoms with Crippen LogP contribution in [0.2, 0.25) is 0 Å². The molecule has 0 radical (unpaired) electrons. The van der Waals surface area contributed by atoms with Crippen molar-refractivity contribution in [3.63, 3.8) is 0 Å². The number of carbonyl (C=O) groups excluding carboxylic acids is 1. The highest BCUT2D eigenvalue weighted by molar-refractivity contribution is 5.98. The Hall–Kier alpha value is -3.85. The van der Waals surface area contributed by atoms with E-state index in [4.69, 9.17) is 5.26 Å². The predicted octanol–water partition coefficient (Wildman–Crippen LogP) is 4.81. The highest BCUT2D eigenvalue weighted by Gasteiger charge is 2.30. The van der Waals surface area contributed by atoms with E-state index in [-0.39, 0.29) is 28.7 Å². The van der Waals surface area contributed by atoms with Crippen molar-refractivity contribution in [1.29, 1.82) is 5.26 Å². The Morgan fingerprint density at radius 2 is 1.97 bits per heavy atom. The lowest BCUT2D eigenvalue weighted by Gasteiger charge is -2.14. The Balaban J connectivity index is 1.87. The molecule has 0 unspecified atom stereocenters. The van der Waals surface area contributed by atoms with Crippen molar-refractivity contribution in [3.05, 3.63) is 59.3 Å². The quantitative estimate of drug-likeness (QED) is 0.350. The Morgan fingerprint density at radius 3 is 2.56 bits per heavy atom. The van der Waals surface area contributed by atoms with Crippen LogP contribution in [-0.2, 0) is 12.0 Å². The number of benzene rings is 1. The summed E-state index contributed by atoms with van der Waals surface area (Å²) < 4.78 is 54.3. The summed E-state index contributed by atoms with van der Waals surface area (Å²) in [7, 11) is 0. The van der Waals surface area contributed by atoms with Gasteiger partial charge in [-0.3, -0.25) is 9.78 Å². The third-order valence-electron chi connectivity index (χ3n) is 4.79. The number of fused-ring (bicyclic) bond motifs is 1. The molecule has 0 bridgehead atoms. The molecule has 2 heterocycles. The predicted molar refractivity (Wildman–Crippen MR) is 112 cm³/mol. The fourth-order valence-corrected chi connectivity index (χ4v) is 3.11. The van der Waals surface area contributed by atoms with Gasteiger partial charge in [-0.25, -0.2) is 4.39 Å². The molecule has 0 aliphatic heterocycles. The zero-order chi connectivity index (χ0) is 23.5. The number of alkyl halides is 3. The second kappa shape index (κ2) is 8.72. The molecule has 0 saturated heterocycles. The number of nitrogens with zero attached hydrogens (tertiary/aromatic N) is 3. The van der Waals surface area contributed by atoms with Crippen molar-refractivity contribution in [2.45, 2.75) is 32.0 Å². The lowest BCUT2D eigenvalue weighted by atomic mass is 9.91. The average Bonchev–Trinajstić information content (AvgIpc) is 3.09. The summed E-state index contributed by atoms with van der Waals surface area (Å²) in [6.45, 7) is 2.13. The van der Waals surface area contributed by atoms with Gasteiger partial charge in [-0.05, 0) is 50.1 Å². The highest BCUT2D eigenvalue weighted by Crippen LogP contribution is 2.29. The van der Waals surface area contributed by atoms with E-state index in [1.54, 1.807) is 26.0 Å². The number of nitrogens with one attached hydrogen (secondary N) is 1. The molecule has 0 fully saturated rings. The Morgan fingerprint density at radius 1 is 1.22 bits per heavy atom. The molecule has 0 atom stereocenters. The fourth-order valence-electron chi connectivity index (χ4n) is 3.11. The third-order valence-corrected chi connectivity index (χ3v) is 4.79. The van der Waals surface area contributed by atoms with E-state index in [1.807, 2.05) is 0 Å². The lowest BCUT2D eigenvalue weighted by Crippen LogP contribution is -2.19. The number of anilines is 1. The van der Waals surface area contributed by atoms with E-state index in [0.29, 0.717) is 17.7 Å². The molecule has 1 aromatic carbocycles. The van der Waals surface area contributed by atoms with Crippen molar-refractivity contribution in [3.8, 4) is 17.9 Å². The third kappa shape index (κ3) is 4.89. The summed E-state index contributed by atoms with van der Waals surface area (Å²) in [4.78, 5) is 15.5. The van der Waals surface area contributed by atoms with Crippen LogP contribution in [0.1, 0.15) is 35.6 Å². The van der Waals surface area contributed by atoms with Crippen LogP contribution in [0.3, 0.4) is 0 Å². The van der Waals surface area contributed by atoms with Crippen LogP contribution >= 0.6 is 0 Å². The maximum absolute atomic E-state index is 14.3. The molecule has 164 valence electrons. The van der Waals surface area contributed by atoms with Crippen LogP contribution in [0, 0.1) is 29.0 Å². The monoisotopic (exact) mass is 442 g/mol. The average molecular weight is 442 g/mol. The zero-order valence-electron chi connectivity index (χ0n) is 17.2. The van der Waals surface area contributed by atoms with Crippen LogP contribution in [0.4, 0.5) is 23.2 Å². The summed E-state index contributed by atoms with van der Waals surface area (Å²) in [5, 5.41) is 12.2. The minimum atomic E-state index is -4.60. The first-order valence-electron chi connectivity index (χ1n) is 9.50. The number of pyridine rings is 1. The number of halogens is 4. The molecule has 0 saturated carbocycles. The fraction of sp³-hybridized carbons (Fsp3) is 0.261. The van der Waals surface area contributed by atoms with Crippen LogP contribution < -0.4 is 5.32 Å². The smallest absolute Gasteiger partial charge is 0.373 e. The van der Waals surface area contributed by atoms with Crippen LogP contribution in [0.25, 0.3) is 10.9 Å². The van der Waals surface area contributed by atoms with Crippen molar-refractivity contribution in [1.82, 2.24) is 9.55 Å². The molecule has 3 rings (SSSR count). The molecule has 0 amide bonds. The van der Waals surface area contributed by atoms with E-state index in [0.717, 1.165) is 10.6 Å². The van der Waals surface area contributed by atoms with E-state index in [9.17, 15) is 22.4 Å². The van der Waals surface area contributed by atoms with Gasteiger partial charge in [0.15, 0.2) is 6.29 Å². The van der Waals surface area contributed by atoms with Gasteiger partial charge in [-0.2, -0.15) is 18.4 Å². The Bertz CT molecular complexity index is 1260. The number of aromatic nitrogens is 2. The zero-order valence-corrected chi connectivity index (χ0v) is 17.2. The van der Waals surface area contributed by atoms with Crippen LogP contribution in [0.5, 0.6) is 0 Å². The molecule has 2 aromatic heterocycles. The standard InChI is InChI=1S/C23H18F4N4O/c1-22(2,13-28)20-8-6-16(11-30-20)29-9-3-4-17-10-18-15(12-32)5-7-19(24)21(18)31(17)14-23(25,26)27/h5-8,10-12,29H,9,14H2,1-2H3. The Labute approximate surface area is 181 Å². The number of hydrogen-bond acceptors (Lipinski definition) is 4. The summed E-state index contributed by atoms with van der Waals surface area (Å²) >= 11 is 0. The second-order valence-corrected chi connectivity index (χ2v) is 7.57. The molecule has 9 heteroatoms. The highest BCUT2D eigenvalue weighted by atomic mass is 19.4. The first kappa shape index (κ1) is 22.8. The first-order chi connectivity index (χ1) is 15.1. The minimum absolute atomic E-state index is 0.0587. The van der Waals surface area contributed by atoms with Gasteiger partial charge >= 0.3 is 6.18 Å². The normalized spacial score (nSPS) is 11.5. The maximum Gasteiger partial charge on any atom is 0.406 e. The van der Waals surface area contributed by atoms with Gasteiger partial charge in [0, 0.05) is 10.9 Å². The maximum atomic E-state index is 14.3. The number of nitriles is 1. The second-order valence-electron chi connectivity index (χ2n) is 7.57.